The number of carboxylic acids is 1. The van der Waals surface area contributed by atoms with Gasteiger partial charge in [0.2, 0.25) is 0 Å². The van der Waals surface area contributed by atoms with Crippen molar-refractivity contribution in [1.29, 1.82) is 0 Å². The average Bonchev–Trinajstić information content (AvgIpc) is 2.70. The number of aliphatic carboxylic acids is 1. The van der Waals surface area contributed by atoms with Gasteiger partial charge in [-0.2, -0.15) is 0 Å². The molecule has 146 valence electrons. The van der Waals surface area contributed by atoms with E-state index in [0.717, 1.165) is 23.6 Å². The number of carboxylic acid groups (broad SMARTS) is 1. The van der Waals surface area contributed by atoms with Crippen LogP contribution in [0.25, 0.3) is 10.8 Å². The number of amides is 1. The minimum absolute atomic E-state index is 0.309. The molecule has 1 atom stereocenters. The van der Waals surface area contributed by atoms with E-state index < -0.39 is 44.7 Å². The summed E-state index contributed by atoms with van der Waals surface area (Å²) in [5.74, 6) is -2.34. The van der Waals surface area contributed by atoms with Crippen molar-refractivity contribution in [3.8, 4) is 0 Å². The zero-order valence-corrected chi connectivity index (χ0v) is 14.6. The van der Waals surface area contributed by atoms with Crippen LogP contribution in [0.2, 0.25) is 0 Å². The Bertz CT molecular complexity index is 1120. The normalized spacial score (nSPS) is 11.6. The number of carbonyl (C=O) groups excluding carboxylic acids is 1. The second-order valence-corrected chi connectivity index (χ2v) is 6.07. The van der Waals surface area contributed by atoms with E-state index in [-0.39, 0.29) is 0 Å². The molecule has 0 spiro atoms. The highest BCUT2D eigenvalue weighted by Crippen LogP contribution is 2.26. The molecular formula is C19H13N3O7. The lowest BCUT2D eigenvalue weighted by atomic mass is 9.98. The first kappa shape index (κ1) is 19.4. The summed E-state index contributed by atoms with van der Waals surface area (Å²) >= 11 is 0. The summed E-state index contributed by atoms with van der Waals surface area (Å²) in [6.07, 6.45) is 0. The highest BCUT2D eigenvalue weighted by molar-refractivity contribution is 5.99. The minimum atomic E-state index is -1.47. The Labute approximate surface area is 162 Å². The van der Waals surface area contributed by atoms with E-state index in [1.54, 1.807) is 36.4 Å². The molecule has 10 nitrogen and oxygen atoms in total. The molecule has 29 heavy (non-hydrogen) atoms. The maximum atomic E-state index is 12.6. The third kappa shape index (κ3) is 4.00. The summed E-state index contributed by atoms with van der Waals surface area (Å²) in [7, 11) is 0. The molecule has 0 aliphatic carbocycles. The molecule has 0 aromatic heterocycles. The standard InChI is InChI=1S/C19H13N3O7/c23-18(12-8-13(21(26)27)10-14(9-12)22(28)29)20-17(19(24)25)16-7-3-5-11-4-1-2-6-15(11)16/h1-10,17H,(H,20,23)(H,24,25)/t17-/m0/s1. The van der Waals surface area contributed by atoms with Gasteiger partial charge in [0.15, 0.2) is 6.04 Å². The topological polar surface area (TPSA) is 153 Å². The number of nitrogens with zero attached hydrogens (tertiary/aromatic N) is 2. The lowest BCUT2D eigenvalue weighted by molar-refractivity contribution is -0.394. The molecule has 0 heterocycles. The van der Waals surface area contributed by atoms with Gasteiger partial charge in [-0.15, -0.1) is 0 Å². The van der Waals surface area contributed by atoms with Crippen LogP contribution in [-0.2, 0) is 4.79 Å². The van der Waals surface area contributed by atoms with Gasteiger partial charge < -0.3 is 10.4 Å². The van der Waals surface area contributed by atoms with Gasteiger partial charge in [-0.1, -0.05) is 42.5 Å². The number of nitro groups is 2. The van der Waals surface area contributed by atoms with E-state index in [1.165, 1.54) is 6.07 Å². The van der Waals surface area contributed by atoms with Gasteiger partial charge in [-0.05, 0) is 16.3 Å². The Kier molecular flexibility index (Phi) is 5.17. The lowest BCUT2D eigenvalue weighted by Crippen LogP contribution is -2.34. The number of fused-ring (bicyclic) bond motifs is 1. The average molecular weight is 395 g/mol. The van der Waals surface area contributed by atoms with Gasteiger partial charge in [0.05, 0.1) is 21.5 Å². The van der Waals surface area contributed by atoms with Gasteiger partial charge in [0.1, 0.15) is 0 Å². The Balaban J connectivity index is 2.02. The smallest absolute Gasteiger partial charge is 0.330 e. The van der Waals surface area contributed by atoms with Gasteiger partial charge in [-0.25, -0.2) is 4.79 Å². The molecule has 0 bridgehead atoms. The molecule has 0 saturated heterocycles. The van der Waals surface area contributed by atoms with Crippen LogP contribution in [0.4, 0.5) is 11.4 Å². The summed E-state index contributed by atoms with van der Waals surface area (Å²) < 4.78 is 0. The van der Waals surface area contributed by atoms with Crippen molar-refractivity contribution in [3.63, 3.8) is 0 Å². The summed E-state index contributed by atoms with van der Waals surface area (Å²) in [4.78, 5) is 44.7. The predicted octanol–water partition coefficient (Wildman–Crippen LogP) is 3.21. The van der Waals surface area contributed by atoms with Gasteiger partial charge >= 0.3 is 5.97 Å². The molecule has 3 rings (SSSR count). The zero-order valence-electron chi connectivity index (χ0n) is 14.6. The molecule has 3 aromatic rings. The number of carbonyl (C=O) groups is 2. The number of hydrogen-bond donors (Lipinski definition) is 2. The molecule has 10 heteroatoms. The van der Waals surface area contributed by atoms with E-state index in [1.807, 2.05) is 0 Å². The summed E-state index contributed by atoms with van der Waals surface area (Å²) in [5.41, 5.74) is -1.39. The first-order valence-electron chi connectivity index (χ1n) is 8.23. The van der Waals surface area contributed by atoms with Crippen molar-refractivity contribution in [1.82, 2.24) is 5.32 Å². The first-order valence-corrected chi connectivity index (χ1v) is 8.23. The van der Waals surface area contributed by atoms with Crippen molar-refractivity contribution in [3.05, 3.63) is 92.0 Å². The van der Waals surface area contributed by atoms with Crippen LogP contribution in [0.5, 0.6) is 0 Å². The second-order valence-electron chi connectivity index (χ2n) is 6.07. The third-order valence-corrected chi connectivity index (χ3v) is 4.24. The Morgan fingerprint density at radius 1 is 0.897 bits per heavy atom. The molecule has 0 fully saturated rings. The number of nitrogens with one attached hydrogen (secondary N) is 1. The van der Waals surface area contributed by atoms with E-state index in [0.29, 0.717) is 10.9 Å². The number of benzene rings is 3. The van der Waals surface area contributed by atoms with Crippen molar-refractivity contribution < 1.29 is 24.5 Å². The Hall–Kier alpha value is -4.34. The summed E-state index contributed by atoms with van der Waals surface area (Å²) in [5, 5.41) is 35.3. The number of non-ortho nitro benzene ring substituents is 2. The zero-order chi connectivity index (χ0) is 21.1. The van der Waals surface area contributed by atoms with Crippen LogP contribution in [0.1, 0.15) is 22.0 Å². The molecule has 3 aromatic carbocycles. The van der Waals surface area contributed by atoms with Crippen LogP contribution in [0.15, 0.2) is 60.7 Å². The number of rotatable bonds is 6. The first-order chi connectivity index (χ1) is 13.8. The Morgan fingerprint density at radius 3 is 2.07 bits per heavy atom. The van der Waals surface area contributed by atoms with Gasteiger partial charge in [0.25, 0.3) is 17.3 Å². The fourth-order valence-electron chi connectivity index (χ4n) is 2.93. The van der Waals surface area contributed by atoms with Crippen molar-refractivity contribution in [2.24, 2.45) is 0 Å². The van der Waals surface area contributed by atoms with Gasteiger partial charge in [-0.3, -0.25) is 25.0 Å². The highest BCUT2D eigenvalue weighted by Gasteiger charge is 2.26. The quantitative estimate of drug-likeness (QED) is 0.480. The van der Waals surface area contributed by atoms with Crippen LogP contribution in [-0.4, -0.2) is 26.8 Å². The summed E-state index contributed by atoms with van der Waals surface area (Å²) in [6.45, 7) is 0. The number of nitro benzene ring substituents is 2. The Morgan fingerprint density at radius 2 is 1.48 bits per heavy atom. The monoisotopic (exact) mass is 395 g/mol. The molecular weight excluding hydrogens is 382 g/mol. The van der Waals surface area contributed by atoms with Crippen molar-refractivity contribution >= 4 is 34.0 Å². The molecule has 0 unspecified atom stereocenters. The molecule has 0 radical (unpaired) electrons. The third-order valence-electron chi connectivity index (χ3n) is 4.24. The van der Waals surface area contributed by atoms with Crippen molar-refractivity contribution in [2.45, 2.75) is 6.04 Å². The molecule has 2 N–H and O–H groups in total. The molecule has 0 saturated carbocycles. The summed E-state index contributed by atoms with van der Waals surface area (Å²) in [6, 6.07) is 12.9. The van der Waals surface area contributed by atoms with E-state index in [4.69, 9.17) is 0 Å². The van der Waals surface area contributed by atoms with E-state index >= 15 is 0 Å². The SMILES string of the molecule is O=C(N[C@H](C(=O)O)c1cccc2ccccc12)c1cc([N+](=O)[O-])cc([N+](=O)[O-])c1. The van der Waals surface area contributed by atoms with Gasteiger partial charge in [0, 0.05) is 12.1 Å². The van der Waals surface area contributed by atoms with Crippen LogP contribution in [0.3, 0.4) is 0 Å². The lowest BCUT2D eigenvalue weighted by Gasteiger charge is -2.17. The maximum Gasteiger partial charge on any atom is 0.330 e. The predicted molar refractivity (Wildman–Crippen MR) is 102 cm³/mol. The maximum absolute atomic E-state index is 12.6. The molecule has 1 amide bonds. The minimum Gasteiger partial charge on any atom is -0.479 e. The fourth-order valence-corrected chi connectivity index (χ4v) is 2.93. The largest absolute Gasteiger partial charge is 0.479 e. The second kappa shape index (κ2) is 7.72. The van der Waals surface area contributed by atoms with E-state index in [9.17, 15) is 34.9 Å². The van der Waals surface area contributed by atoms with Crippen molar-refractivity contribution in [2.75, 3.05) is 0 Å². The van der Waals surface area contributed by atoms with E-state index in [2.05, 4.69) is 5.32 Å². The molecule has 0 aliphatic heterocycles. The fraction of sp³-hybridized carbons (Fsp3) is 0.0526. The van der Waals surface area contributed by atoms with Crippen LogP contribution < -0.4 is 5.32 Å². The highest BCUT2D eigenvalue weighted by atomic mass is 16.6. The van der Waals surface area contributed by atoms with Crippen LogP contribution >= 0.6 is 0 Å². The number of hydrogen-bond acceptors (Lipinski definition) is 6. The molecule has 0 aliphatic rings. The van der Waals surface area contributed by atoms with Crippen LogP contribution in [0, 0.1) is 20.2 Å².